The summed E-state index contributed by atoms with van der Waals surface area (Å²) >= 11 is 0. The normalized spacial score (nSPS) is 11.3. The summed E-state index contributed by atoms with van der Waals surface area (Å²) in [5.74, 6) is -1.02. The standard InChI is InChI=1S/C21H29N3O5/c1-6-15-17(19(25)27-7-2)16(24-18(15)20(26)29-21(3,4)5)13-28-23-12-14-10-8-9-11-22-14/h8-11,23-24H,6-7,12-13H2,1-5H3. The quantitative estimate of drug-likeness (QED) is 0.376. The van der Waals surface area contributed by atoms with Crippen molar-refractivity contribution >= 4 is 11.9 Å². The predicted octanol–water partition coefficient (Wildman–Crippen LogP) is 3.33. The van der Waals surface area contributed by atoms with Crippen LogP contribution in [-0.4, -0.2) is 34.1 Å². The third-order valence-corrected chi connectivity index (χ3v) is 3.92. The fraction of sp³-hybridized carbons (Fsp3) is 0.476. The number of hydrogen-bond acceptors (Lipinski definition) is 7. The molecule has 8 heteroatoms. The fourth-order valence-corrected chi connectivity index (χ4v) is 2.76. The molecule has 2 heterocycles. The topological polar surface area (TPSA) is 103 Å². The van der Waals surface area contributed by atoms with Gasteiger partial charge in [-0.05, 0) is 51.8 Å². The Morgan fingerprint density at radius 3 is 2.52 bits per heavy atom. The molecule has 0 fully saturated rings. The number of aromatic nitrogens is 2. The molecule has 0 saturated heterocycles. The number of rotatable bonds is 9. The predicted molar refractivity (Wildman–Crippen MR) is 107 cm³/mol. The largest absolute Gasteiger partial charge is 0.462 e. The Balaban J connectivity index is 2.21. The molecule has 0 radical (unpaired) electrons. The van der Waals surface area contributed by atoms with Crippen molar-refractivity contribution in [1.29, 1.82) is 0 Å². The fourth-order valence-electron chi connectivity index (χ4n) is 2.76. The molecule has 158 valence electrons. The van der Waals surface area contributed by atoms with E-state index in [1.165, 1.54) is 0 Å². The van der Waals surface area contributed by atoms with Crippen LogP contribution in [0.15, 0.2) is 24.4 Å². The number of hydroxylamine groups is 1. The van der Waals surface area contributed by atoms with E-state index in [1.807, 2.05) is 25.1 Å². The zero-order chi connectivity index (χ0) is 21.4. The van der Waals surface area contributed by atoms with Gasteiger partial charge in [-0.2, -0.15) is 5.48 Å². The van der Waals surface area contributed by atoms with Crippen LogP contribution in [0.1, 0.15) is 72.4 Å². The zero-order valence-corrected chi connectivity index (χ0v) is 17.6. The van der Waals surface area contributed by atoms with E-state index in [0.29, 0.717) is 29.8 Å². The first-order valence-corrected chi connectivity index (χ1v) is 9.65. The first-order chi connectivity index (χ1) is 13.8. The lowest BCUT2D eigenvalue weighted by molar-refractivity contribution is 0.00594. The van der Waals surface area contributed by atoms with Gasteiger partial charge in [-0.25, -0.2) is 9.59 Å². The zero-order valence-electron chi connectivity index (χ0n) is 17.6. The van der Waals surface area contributed by atoms with Gasteiger partial charge in [-0.1, -0.05) is 13.0 Å². The molecule has 0 aromatic carbocycles. The molecule has 0 saturated carbocycles. The summed E-state index contributed by atoms with van der Waals surface area (Å²) < 4.78 is 10.7. The van der Waals surface area contributed by atoms with Gasteiger partial charge in [0.25, 0.3) is 0 Å². The van der Waals surface area contributed by atoms with Crippen molar-refractivity contribution in [3.63, 3.8) is 0 Å². The van der Waals surface area contributed by atoms with E-state index < -0.39 is 17.5 Å². The van der Waals surface area contributed by atoms with Crippen molar-refractivity contribution in [2.45, 2.75) is 59.8 Å². The molecular formula is C21H29N3O5. The highest BCUT2D eigenvalue weighted by Gasteiger charge is 2.29. The van der Waals surface area contributed by atoms with Crippen molar-refractivity contribution < 1.29 is 23.9 Å². The van der Waals surface area contributed by atoms with E-state index in [-0.39, 0.29) is 18.9 Å². The highest BCUT2D eigenvalue weighted by molar-refractivity contribution is 5.98. The maximum absolute atomic E-state index is 12.6. The van der Waals surface area contributed by atoms with Gasteiger partial charge in [-0.3, -0.25) is 9.82 Å². The third kappa shape index (κ3) is 6.40. The summed E-state index contributed by atoms with van der Waals surface area (Å²) in [4.78, 5) is 37.9. The van der Waals surface area contributed by atoms with E-state index in [9.17, 15) is 9.59 Å². The smallest absolute Gasteiger partial charge is 0.355 e. The monoisotopic (exact) mass is 403 g/mol. The molecule has 2 N–H and O–H groups in total. The van der Waals surface area contributed by atoms with Crippen LogP contribution in [0.3, 0.4) is 0 Å². The van der Waals surface area contributed by atoms with Crippen LogP contribution >= 0.6 is 0 Å². The van der Waals surface area contributed by atoms with Crippen LogP contribution in [0.5, 0.6) is 0 Å². The summed E-state index contributed by atoms with van der Waals surface area (Å²) in [7, 11) is 0. The van der Waals surface area contributed by atoms with Crippen LogP contribution < -0.4 is 5.48 Å². The maximum Gasteiger partial charge on any atom is 0.355 e. The molecule has 0 unspecified atom stereocenters. The summed E-state index contributed by atoms with van der Waals surface area (Å²) in [5, 5.41) is 0. The molecule has 0 aliphatic heterocycles. The van der Waals surface area contributed by atoms with Crippen LogP contribution in [0.2, 0.25) is 0 Å². The Bertz CT molecular complexity index is 825. The van der Waals surface area contributed by atoms with E-state index in [1.54, 1.807) is 33.9 Å². The van der Waals surface area contributed by atoms with Crippen molar-refractivity contribution in [1.82, 2.24) is 15.4 Å². The van der Waals surface area contributed by atoms with Crippen molar-refractivity contribution in [2.75, 3.05) is 6.61 Å². The average molecular weight is 403 g/mol. The van der Waals surface area contributed by atoms with Gasteiger partial charge in [-0.15, -0.1) is 0 Å². The number of ether oxygens (including phenoxy) is 2. The van der Waals surface area contributed by atoms with Gasteiger partial charge in [0.2, 0.25) is 0 Å². The lowest BCUT2D eigenvalue weighted by Gasteiger charge is -2.19. The molecule has 0 aliphatic rings. The molecular weight excluding hydrogens is 374 g/mol. The average Bonchev–Trinajstić information content (AvgIpc) is 3.04. The molecule has 0 amide bonds. The second-order valence-electron chi connectivity index (χ2n) is 7.34. The Hall–Kier alpha value is -2.71. The molecule has 8 nitrogen and oxygen atoms in total. The molecule has 0 bridgehead atoms. The number of carbonyl (C=O) groups excluding carboxylic acids is 2. The van der Waals surface area contributed by atoms with Crippen molar-refractivity contribution in [3.8, 4) is 0 Å². The van der Waals surface area contributed by atoms with E-state index >= 15 is 0 Å². The Kier molecular flexibility index (Phi) is 7.92. The molecule has 2 rings (SSSR count). The van der Waals surface area contributed by atoms with Crippen LogP contribution in [-0.2, 0) is 33.9 Å². The number of pyridine rings is 1. The number of nitrogens with one attached hydrogen (secondary N) is 2. The van der Waals surface area contributed by atoms with E-state index in [2.05, 4.69) is 15.4 Å². The molecule has 2 aromatic heterocycles. The van der Waals surface area contributed by atoms with E-state index in [0.717, 1.165) is 5.69 Å². The van der Waals surface area contributed by atoms with Crippen LogP contribution in [0.25, 0.3) is 0 Å². The molecule has 29 heavy (non-hydrogen) atoms. The molecule has 0 aliphatic carbocycles. The number of aromatic amines is 1. The minimum absolute atomic E-state index is 0.0385. The van der Waals surface area contributed by atoms with Crippen molar-refractivity contribution in [2.24, 2.45) is 0 Å². The number of carbonyl (C=O) groups is 2. The highest BCUT2D eigenvalue weighted by atomic mass is 16.6. The third-order valence-electron chi connectivity index (χ3n) is 3.92. The number of H-pyrrole nitrogens is 1. The number of esters is 2. The molecule has 2 aromatic rings. The van der Waals surface area contributed by atoms with Crippen LogP contribution in [0.4, 0.5) is 0 Å². The van der Waals surface area contributed by atoms with Gasteiger partial charge < -0.3 is 14.5 Å². The van der Waals surface area contributed by atoms with Crippen LogP contribution in [0, 0.1) is 0 Å². The lowest BCUT2D eigenvalue weighted by atomic mass is 10.1. The number of nitrogens with zero attached hydrogens (tertiary/aromatic N) is 1. The molecule has 0 spiro atoms. The Labute approximate surface area is 170 Å². The van der Waals surface area contributed by atoms with Crippen molar-refractivity contribution in [3.05, 3.63) is 52.6 Å². The Morgan fingerprint density at radius 2 is 1.93 bits per heavy atom. The van der Waals surface area contributed by atoms with Gasteiger partial charge in [0.1, 0.15) is 17.9 Å². The van der Waals surface area contributed by atoms with Gasteiger partial charge in [0, 0.05) is 6.20 Å². The maximum atomic E-state index is 12.6. The number of hydrogen-bond donors (Lipinski definition) is 2. The van der Waals surface area contributed by atoms with E-state index in [4.69, 9.17) is 14.3 Å². The Morgan fingerprint density at radius 1 is 1.17 bits per heavy atom. The first kappa shape index (κ1) is 22.6. The summed E-state index contributed by atoms with van der Waals surface area (Å²) in [6.07, 6.45) is 2.15. The minimum atomic E-state index is -0.655. The first-order valence-electron chi connectivity index (χ1n) is 9.65. The molecule has 0 atom stereocenters. The second kappa shape index (κ2) is 10.2. The van der Waals surface area contributed by atoms with Gasteiger partial charge in [0.15, 0.2) is 0 Å². The van der Waals surface area contributed by atoms with Gasteiger partial charge >= 0.3 is 11.9 Å². The summed E-state index contributed by atoms with van der Waals surface area (Å²) in [5.41, 5.74) is 4.54. The lowest BCUT2D eigenvalue weighted by Crippen LogP contribution is -2.24. The summed E-state index contributed by atoms with van der Waals surface area (Å²) in [6, 6.07) is 5.58. The second-order valence-corrected chi connectivity index (χ2v) is 7.34. The SMILES string of the molecule is CCOC(=O)c1c(CONCc2ccccn2)[nH]c(C(=O)OC(C)(C)C)c1CC. The minimum Gasteiger partial charge on any atom is -0.462 e. The van der Waals surface area contributed by atoms with Gasteiger partial charge in [0.05, 0.1) is 30.1 Å². The summed E-state index contributed by atoms with van der Waals surface area (Å²) in [6.45, 7) is 9.63. The highest BCUT2D eigenvalue weighted by Crippen LogP contribution is 2.24.